The minimum Gasteiger partial charge on any atom is -0.490 e. The van der Waals surface area contributed by atoms with Gasteiger partial charge in [-0.1, -0.05) is 11.6 Å². The fourth-order valence-corrected chi connectivity index (χ4v) is 3.23. The summed E-state index contributed by atoms with van der Waals surface area (Å²) in [4.78, 5) is 10.9. The van der Waals surface area contributed by atoms with Crippen LogP contribution in [0.25, 0.3) is 0 Å². The van der Waals surface area contributed by atoms with Crippen LogP contribution in [0, 0.1) is 5.92 Å². The Labute approximate surface area is 137 Å². The summed E-state index contributed by atoms with van der Waals surface area (Å²) in [5.74, 6) is -0.159. The molecule has 0 unspecified atom stereocenters. The number of ether oxygens (including phenoxy) is 2. The van der Waals surface area contributed by atoms with E-state index in [1.807, 2.05) is 6.07 Å². The molecule has 6 heteroatoms. The predicted molar refractivity (Wildman–Crippen MR) is 84.0 cm³/mol. The van der Waals surface area contributed by atoms with E-state index in [4.69, 9.17) is 26.2 Å². The van der Waals surface area contributed by atoms with E-state index in [1.165, 1.54) is 0 Å². The first-order valence-electron chi connectivity index (χ1n) is 6.98. The molecule has 1 saturated carbocycles. The van der Waals surface area contributed by atoms with Crippen molar-refractivity contribution in [3.05, 3.63) is 27.7 Å². The van der Waals surface area contributed by atoms with E-state index in [-0.39, 0.29) is 12.0 Å². The van der Waals surface area contributed by atoms with Crippen LogP contribution in [0.2, 0.25) is 5.02 Å². The van der Waals surface area contributed by atoms with Crippen LogP contribution < -0.4 is 4.74 Å². The summed E-state index contributed by atoms with van der Waals surface area (Å²) < 4.78 is 12.2. The highest BCUT2D eigenvalue weighted by molar-refractivity contribution is 9.10. The first-order valence-corrected chi connectivity index (χ1v) is 8.15. The highest BCUT2D eigenvalue weighted by Crippen LogP contribution is 2.28. The third-order valence-electron chi connectivity index (χ3n) is 3.61. The molecule has 1 aliphatic carbocycles. The van der Waals surface area contributed by atoms with Crippen molar-refractivity contribution >= 4 is 33.5 Å². The van der Waals surface area contributed by atoms with Crippen LogP contribution in [0.15, 0.2) is 22.7 Å². The number of benzene rings is 1. The van der Waals surface area contributed by atoms with E-state index in [1.54, 1.807) is 12.1 Å². The second-order valence-electron chi connectivity index (χ2n) is 5.11. The molecule has 0 radical (unpaired) electrons. The molecule has 0 amide bonds. The van der Waals surface area contributed by atoms with Gasteiger partial charge in [-0.05, 0) is 59.8 Å². The number of carbonyl (C=O) groups is 1. The van der Waals surface area contributed by atoms with Crippen molar-refractivity contribution in [3.63, 3.8) is 0 Å². The quantitative estimate of drug-likeness (QED) is 0.757. The van der Waals surface area contributed by atoms with E-state index in [2.05, 4.69) is 15.9 Å². The zero-order valence-electron chi connectivity index (χ0n) is 11.6. The molecule has 1 aromatic carbocycles. The van der Waals surface area contributed by atoms with Gasteiger partial charge in [-0.25, -0.2) is 0 Å². The molecule has 0 bridgehead atoms. The average Bonchev–Trinajstić information content (AvgIpc) is 2.46. The molecule has 1 fully saturated rings. The molecular formula is C15H18BrClO4. The van der Waals surface area contributed by atoms with Crippen LogP contribution in [-0.2, 0) is 9.53 Å². The summed E-state index contributed by atoms with van der Waals surface area (Å²) in [7, 11) is 0. The van der Waals surface area contributed by atoms with Crippen molar-refractivity contribution in [2.24, 2.45) is 5.92 Å². The molecule has 0 spiro atoms. The van der Waals surface area contributed by atoms with Gasteiger partial charge in [-0.2, -0.15) is 0 Å². The van der Waals surface area contributed by atoms with Crippen LogP contribution in [0.3, 0.4) is 0 Å². The molecule has 0 saturated heterocycles. The Morgan fingerprint density at radius 2 is 2.00 bits per heavy atom. The zero-order chi connectivity index (χ0) is 15.2. The smallest absolute Gasteiger partial charge is 0.306 e. The second-order valence-corrected chi connectivity index (χ2v) is 6.40. The second kappa shape index (κ2) is 8.01. The fourth-order valence-electron chi connectivity index (χ4n) is 2.44. The van der Waals surface area contributed by atoms with Crippen molar-refractivity contribution in [3.8, 4) is 5.75 Å². The van der Waals surface area contributed by atoms with Gasteiger partial charge >= 0.3 is 5.97 Å². The van der Waals surface area contributed by atoms with Gasteiger partial charge in [0.05, 0.1) is 23.1 Å². The lowest BCUT2D eigenvalue weighted by Gasteiger charge is -2.26. The summed E-state index contributed by atoms with van der Waals surface area (Å²) in [6.07, 6.45) is 3.16. The summed E-state index contributed by atoms with van der Waals surface area (Å²) in [6, 6.07) is 5.37. The molecular weight excluding hydrogens is 360 g/mol. The largest absolute Gasteiger partial charge is 0.490 e. The first kappa shape index (κ1) is 16.6. The van der Waals surface area contributed by atoms with Crippen LogP contribution >= 0.6 is 27.5 Å². The van der Waals surface area contributed by atoms with Crippen LogP contribution in [0.4, 0.5) is 0 Å². The molecule has 4 nitrogen and oxygen atoms in total. The van der Waals surface area contributed by atoms with Crippen molar-refractivity contribution < 1.29 is 19.4 Å². The average molecular weight is 378 g/mol. The Balaban J connectivity index is 1.65. The highest BCUT2D eigenvalue weighted by atomic mass is 79.9. The van der Waals surface area contributed by atoms with Crippen LogP contribution in [-0.4, -0.2) is 30.4 Å². The number of aliphatic carboxylic acids is 1. The van der Waals surface area contributed by atoms with Crippen LogP contribution in [0.5, 0.6) is 5.75 Å². The van der Waals surface area contributed by atoms with Gasteiger partial charge in [0.25, 0.3) is 0 Å². The predicted octanol–water partition coefficient (Wildman–Crippen LogP) is 4.14. The van der Waals surface area contributed by atoms with Gasteiger partial charge in [0.15, 0.2) is 0 Å². The Morgan fingerprint density at radius 3 is 2.62 bits per heavy atom. The Hall–Kier alpha value is -0.780. The summed E-state index contributed by atoms with van der Waals surface area (Å²) >= 11 is 9.25. The molecule has 0 aliphatic heterocycles. The van der Waals surface area contributed by atoms with Gasteiger partial charge in [0, 0.05) is 5.02 Å². The monoisotopic (exact) mass is 376 g/mol. The summed E-state index contributed by atoms with van der Waals surface area (Å²) in [6.45, 7) is 0.955. The fraction of sp³-hybridized carbons (Fsp3) is 0.533. The normalized spacial score (nSPS) is 22.0. The first-order chi connectivity index (χ1) is 10.1. The summed E-state index contributed by atoms with van der Waals surface area (Å²) in [5, 5.41) is 9.59. The number of carboxylic acids is 1. The zero-order valence-corrected chi connectivity index (χ0v) is 13.9. The summed E-state index contributed by atoms with van der Waals surface area (Å²) in [5.41, 5.74) is 0. The van der Waals surface area contributed by atoms with E-state index >= 15 is 0 Å². The number of hydrogen-bond acceptors (Lipinski definition) is 3. The van der Waals surface area contributed by atoms with Crippen molar-refractivity contribution in [1.29, 1.82) is 0 Å². The molecule has 0 atom stereocenters. The molecule has 1 N–H and O–H groups in total. The molecule has 116 valence electrons. The molecule has 0 heterocycles. The van der Waals surface area contributed by atoms with Gasteiger partial charge in [0.1, 0.15) is 12.4 Å². The number of carboxylic acid groups (broad SMARTS) is 1. The molecule has 0 aromatic heterocycles. The maximum atomic E-state index is 10.9. The van der Waals surface area contributed by atoms with E-state index < -0.39 is 5.97 Å². The highest BCUT2D eigenvalue weighted by Gasteiger charge is 2.26. The SMILES string of the molecule is O=C(O)C1CCC(OCCOc2ccc(Cl)cc2Br)CC1. The number of hydrogen-bond donors (Lipinski definition) is 1. The lowest BCUT2D eigenvalue weighted by Crippen LogP contribution is -2.27. The van der Waals surface area contributed by atoms with E-state index in [0.717, 1.165) is 23.1 Å². The van der Waals surface area contributed by atoms with E-state index in [9.17, 15) is 4.79 Å². The lowest BCUT2D eigenvalue weighted by atomic mass is 9.87. The molecule has 2 rings (SSSR count). The van der Waals surface area contributed by atoms with Gasteiger partial charge < -0.3 is 14.6 Å². The third kappa shape index (κ3) is 5.16. The third-order valence-corrected chi connectivity index (χ3v) is 4.47. The minimum atomic E-state index is -0.690. The molecule has 1 aliphatic rings. The number of rotatable bonds is 6. The van der Waals surface area contributed by atoms with Gasteiger partial charge in [-0.3, -0.25) is 4.79 Å². The van der Waals surface area contributed by atoms with Crippen molar-refractivity contribution in [2.75, 3.05) is 13.2 Å². The maximum absolute atomic E-state index is 10.9. The van der Waals surface area contributed by atoms with Gasteiger partial charge in [0.2, 0.25) is 0 Å². The molecule has 1 aromatic rings. The Morgan fingerprint density at radius 1 is 1.29 bits per heavy atom. The topological polar surface area (TPSA) is 55.8 Å². The Bertz CT molecular complexity index is 487. The van der Waals surface area contributed by atoms with Gasteiger partial charge in [-0.15, -0.1) is 0 Å². The van der Waals surface area contributed by atoms with Crippen LogP contribution in [0.1, 0.15) is 25.7 Å². The van der Waals surface area contributed by atoms with Crippen molar-refractivity contribution in [1.82, 2.24) is 0 Å². The number of halogens is 2. The van der Waals surface area contributed by atoms with Crippen molar-refractivity contribution in [2.45, 2.75) is 31.8 Å². The van der Waals surface area contributed by atoms with E-state index in [0.29, 0.717) is 31.1 Å². The maximum Gasteiger partial charge on any atom is 0.306 e. The standard InChI is InChI=1S/C15H18BrClO4/c16-13-9-11(17)3-6-14(13)21-8-7-20-12-4-1-10(2-5-12)15(18)19/h3,6,9-10,12H,1-2,4-5,7-8H2,(H,18,19). The lowest BCUT2D eigenvalue weighted by molar-refractivity contribution is -0.143. The Kier molecular flexibility index (Phi) is 6.33. The molecule has 21 heavy (non-hydrogen) atoms. The minimum absolute atomic E-state index is 0.151.